The van der Waals surface area contributed by atoms with Crippen molar-refractivity contribution in [3.8, 4) is 46.0 Å². The summed E-state index contributed by atoms with van der Waals surface area (Å²) in [6.45, 7) is 0. The lowest BCUT2D eigenvalue weighted by atomic mass is 9.78. The van der Waals surface area contributed by atoms with E-state index in [0.717, 1.165) is 0 Å². The molecule has 0 fully saturated rings. The van der Waals surface area contributed by atoms with E-state index in [4.69, 9.17) is 9.47 Å². The van der Waals surface area contributed by atoms with Gasteiger partial charge in [-0.25, -0.2) is 0 Å². The smallest absolute Gasteiger partial charge is 0.201 e. The summed E-state index contributed by atoms with van der Waals surface area (Å²) < 4.78 is 11.7. The van der Waals surface area contributed by atoms with Gasteiger partial charge in [0.2, 0.25) is 11.5 Å². The molecule has 41 heavy (non-hydrogen) atoms. The Balaban J connectivity index is 1.49. The van der Waals surface area contributed by atoms with Crippen LogP contribution >= 0.6 is 0 Å². The van der Waals surface area contributed by atoms with Crippen LogP contribution in [0.3, 0.4) is 0 Å². The van der Waals surface area contributed by atoms with Gasteiger partial charge in [0, 0.05) is 22.6 Å². The molecule has 6 rings (SSSR count). The number of ether oxygens (including phenoxy) is 2. The Kier molecular flexibility index (Phi) is 6.22. The highest BCUT2D eigenvalue weighted by Gasteiger charge is 2.45. The molecule has 4 aromatic carbocycles. The lowest BCUT2D eigenvalue weighted by molar-refractivity contribution is -0.0711. The van der Waals surface area contributed by atoms with Crippen LogP contribution in [0.25, 0.3) is 0 Å². The highest BCUT2D eigenvalue weighted by Crippen LogP contribution is 2.57. The third kappa shape index (κ3) is 4.18. The van der Waals surface area contributed by atoms with Crippen LogP contribution < -0.4 is 9.47 Å². The first-order chi connectivity index (χ1) is 19.6. The molecule has 9 N–H and O–H groups in total. The van der Waals surface area contributed by atoms with Crippen LogP contribution in [0.15, 0.2) is 66.7 Å². The summed E-state index contributed by atoms with van der Waals surface area (Å²) >= 11 is 0. The molecule has 6 atom stereocenters. The van der Waals surface area contributed by atoms with Crippen molar-refractivity contribution >= 4 is 0 Å². The van der Waals surface area contributed by atoms with Crippen molar-refractivity contribution in [1.82, 2.24) is 0 Å². The molecule has 212 valence electrons. The Labute approximate surface area is 232 Å². The highest BCUT2D eigenvalue weighted by atomic mass is 16.5. The van der Waals surface area contributed by atoms with Gasteiger partial charge in [-0.2, -0.15) is 0 Å². The van der Waals surface area contributed by atoms with Gasteiger partial charge in [-0.15, -0.1) is 0 Å². The Bertz CT molecular complexity index is 1620. The zero-order valence-electron chi connectivity index (χ0n) is 21.2. The maximum Gasteiger partial charge on any atom is 0.201 e. The van der Waals surface area contributed by atoms with Crippen molar-refractivity contribution < 1.29 is 55.4 Å². The summed E-state index contributed by atoms with van der Waals surface area (Å²) in [6, 6.07) is 15.3. The second-order valence-electron chi connectivity index (χ2n) is 10.1. The molecule has 11 heteroatoms. The summed E-state index contributed by atoms with van der Waals surface area (Å²) in [5, 5.41) is 96.0. The van der Waals surface area contributed by atoms with Crippen molar-refractivity contribution in [1.29, 1.82) is 0 Å². The van der Waals surface area contributed by atoms with Gasteiger partial charge in [0.15, 0.2) is 35.2 Å². The Morgan fingerprint density at radius 1 is 0.488 bits per heavy atom. The fraction of sp³-hybridized carbons (Fsp3) is 0.200. The maximum absolute atomic E-state index is 11.6. The van der Waals surface area contributed by atoms with Crippen LogP contribution in [-0.2, 0) is 0 Å². The van der Waals surface area contributed by atoms with Gasteiger partial charge >= 0.3 is 0 Å². The SMILES string of the molecule is Oc1ccc([C@H]2Oc3c(ccc(O)c3O)[C@H](c3cc4c(c(O)c3O)O[C@@H](c3ccc(O)cc3)[C@H](O)[C@@H]4O)[C@H]2O)cc1. The predicted octanol–water partition coefficient (Wildman–Crippen LogP) is 3.07. The van der Waals surface area contributed by atoms with E-state index in [1.807, 2.05) is 0 Å². The van der Waals surface area contributed by atoms with Crippen molar-refractivity contribution in [2.45, 2.75) is 36.4 Å². The van der Waals surface area contributed by atoms with Gasteiger partial charge in [-0.05, 0) is 47.5 Å². The number of aliphatic hydroxyl groups excluding tert-OH is 3. The average Bonchev–Trinajstić information content (AvgIpc) is 2.96. The second-order valence-corrected chi connectivity index (χ2v) is 10.1. The van der Waals surface area contributed by atoms with E-state index in [9.17, 15) is 46.0 Å². The third-order valence-electron chi connectivity index (χ3n) is 7.63. The average molecular weight is 563 g/mol. The monoisotopic (exact) mass is 562 g/mol. The van der Waals surface area contributed by atoms with E-state index in [1.165, 1.54) is 66.7 Å². The van der Waals surface area contributed by atoms with E-state index in [-0.39, 0.29) is 39.7 Å². The van der Waals surface area contributed by atoms with Crippen LogP contribution in [0, 0.1) is 0 Å². The molecule has 2 heterocycles. The van der Waals surface area contributed by atoms with E-state index in [2.05, 4.69) is 0 Å². The minimum atomic E-state index is -1.60. The van der Waals surface area contributed by atoms with E-state index < -0.39 is 59.4 Å². The Morgan fingerprint density at radius 3 is 1.56 bits per heavy atom. The molecule has 0 saturated heterocycles. The maximum atomic E-state index is 11.6. The van der Waals surface area contributed by atoms with Crippen molar-refractivity contribution in [2.75, 3.05) is 0 Å². The number of hydrogen-bond donors (Lipinski definition) is 9. The number of rotatable bonds is 3. The molecule has 0 unspecified atom stereocenters. The molecule has 0 saturated carbocycles. The predicted molar refractivity (Wildman–Crippen MR) is 141 cm³/mol. The normalized spacial score (nSPS) is 25.0. The first-order valence-corrected chi connectivity index (χ1v) is 12.7. The Hall–Kier alpha value is -4.84. The van der Waals surface area contributed by atoms with Gasteiger partial charge in [0.1, 0.15) is 29.8 Å². The fourth-order valence-corrected chi connectivity index (χ4v) is 5.52. The molecular weight excluding hydrogens is 536 g/mol. The molecule has 4 aromatic rings. The standard InChI is InChI=1S/C30H26O11/c31-14-5-1-12(2-6-14)27-24(37)20(16-9-10-19(33)23(36)29(16)40-27)17-11-18-22(35)25(38)28(13-3-7-15(32)8-4-13)41-30(18)26(39)21(17)34/h1-11,20,22,24-25,27-28,31-39H/t20-,22-,24-,25-,27-,28+/m1/s1. The van der Waals surface area contributed by atoms with Gasteiger partial charge in [0.25, 0.3) is 0 Å². The van der Waals surface area contributed by atoms with Gasteiger partial charge in [-0.1, -0.05) is 30.3 Å². The first kappa shape index (κ1) is 26.4. The molecule has 0 spiro atoms. The van der Waals surface area contributed by atoms with Gasteiger partial charge in [-0.3, -0.25) is 0 Å². The minimum Gasteiger partial charge on any atom is -0.508 e. The molecule has 0 aliphatic carbocycles. The van der Waals surface area contributed by atoms with E-state index >= 15 is 0 Å². The molecular formula is C30H26O11. The number of hydrogen-bond acceptors (Lipinski definition) is 11. The largest absolute Gasteiger partial charge is 0.508 e. The van der Waals surface area contributed by atoms with E-state index in [1.54, 1.807) is 0 Å². The molecule has 0 aromatic heterocycles. The molecule has 0 amide bonds. The summed E-state index contributed by atoms with van der Waals surface area (Å²) in [4.78, 5) is 0. The summed E-state index contributed by atoms with van der Waals surface area (Å²) in [5.41, 5.74) is 0.799. The van der Waals surface area contributed by atoms with Crippen LogP contribution in [0.5, 0.6) is 46.0 Å². The Morgan fingerprint density at radius 2 is 1.00 bits per heavy atom. The fourth-order valence-electron chi connectivity index (χ4n) is 5.52. The van der Waals surface area contributed by atoms with Crippen molar-refractivity contribution in [2.24, 2.45) is 0 Å². The second kappa shape index (κ2) is 9.66. The molecule has 2 aliphatic rings. The van der Waals surface area contributed by atoms with Gasteiger partial charge in [0.05, 0.1) is 0 Å². The number of phenols is 6. The summed E-state index contributed by atoms with van der Waals surface area (Å²) in [6.07, 6.45) is -6.87. The number of aliphatic hydroxyl groups is 3. The first-order valence-electron chi connectivity index (χ1n) is 12.7. The number of aromatic hydroxyl groups is 6. The minimum absolute atomic E-state index is 0.0228. The molecule has 0 bridgehead atoms. The number of phenolic OH excluding ortho intramolecular Hbond substituents is 6. The topological polar surface area (TPSA) is 201 Å². The quantitative estimate of drug-likeness (QED) is 0.166. The van der Waals surface area contributed by atoms with Crippen molar-refractivity contribution in [3.63, 3.8) is 0 Å². The van der Waals surface area contributed by atoms with E-state index in [0.29, 0.717) is 11.1 Å². The highest BCUT2D eigenvalue weighted by molar-refractivity contribution is 5.65. The third-order valence-corrected chi connectivity index (χ3v) is 7.63. The number of fused-ring (bicyclic) bond motifs is 2. The lowest BCUT2D eigenvalue weighted by Crippen LogP contribution is -2.36. The van der Waals surface area contributed by atoms with Gasteiger partial charge < -0.3 is 55.4 Å². The zero-order valence-corrected chi connectivity index (χ0v) is 21.2. The summed E-state index contributed by atoms with van der Waals surface area (Å²) in [7, 11) is 0. The van der Waals surface area contributed by atoms with Crippen LogP contribution in [-0.4, -0.2) is 58.2 Å². The van der Waals surface area contributed by atoms with Crippen LogP contribution in [0.4, 0.5) is 0 Å². The van der Waals surface area contributed by atoms with Crippen LogP contribution in [0.2, 0.25) is 0 Å². The summed E-state index contributed by atoms with van der Waals surface area (Å²) in [5.74, 6) is -4.25. The number of benzene rings is 4. The lowest BCUT2D eigenvalue weighted by Gasteiger charge is -2.39. The molecule has 11 nitrogen and oxygen atoms in total. The zero-order chi connectivity index (χ0) is 29.2. The molecule has 0 radical (unpaired) electrons. The molecule has 2 aliphatic heterocycles. The van der Waals surface area contributed by atoms with Crippen LogP contribution in [0.1, 0.15) is 52.0 Å². The van der Waals surface area contributed by atoms with Crippen molar-refractivity contribution in [3.05, 3.63) is 94.5 Å².